The summed E-state index contributed by atoms with van der Waals surface area (Å²) in [6, 6.07) is 7.46. The van der Waals surface area contributed by atoms with E-state index >= 15 is 0 Å². The molecule has 0 radical (unpaired) electrons. The highest BCUT2D eigenvalue weighted by Crippen LogP contribution is 2.26. The lowest BCUT2D eigenvalue weighted by atomic mass is 9.96. The molecule has 2 N–H and O–H groups in total. The van der Waals surface area contributed by atoms with E-state index in [0.717, 1.165) is 48.6 Å². The third kappa shape index (κ3) is 5.56. The maximum absolute atomic E-state index is 12.2. The molecule has 1 saturated carbocycles. The maximum Gasteiger partial charge on any atom is 0.321 e. The van der Waals surface area contributed by atoms with Crippen LogP contribution in [-0.2, 0) is 4.79 Å². The minimum absolute atomic E-state index is 0.155. The van der Waals surface area contributed by atoms with Gasteiger partial charge in [-0.3, -0.25) is 10.1 Å². The second kappa shape index (κ2) is 9.03. The normalized spacial score (nSPS) is 15.9. The number of aromatic nitrogens is 2. The molecule has 2 aromatic rings. The first-order valence-electron chi connectivity index (χ1n) is 9.20. The van der Waals surface area contributed by atoms with Crippen molar-refractivity contribution >= 4 is 23.7 Å². The van der Waals surface area contributed by atoms with Crippen molar-refractivity contribution in [3.05, 3.63) is 29.8 Å². The molecule has 1 heterocycles. The van der Waals surface area contributed by atoms with Crippen molar-refractivity contribution in [3.8, 4) is 11.5 Å². The van der Waals surface area contributed by atoms with Gasteiger partial charge in [0.05, 0.1) is 5.25 Å². The van der Waals surface area contributed by atoms with Gasteiger partial charge in [0.15, 0.2) is 0 Å². The van der Waals surface area contributed by atoms with E-state index in [-0.39, 0.29) is 11.9 Å². The Morgan fingerprint density at radius 1 is 1.22 bits per heavy atom. The molecule has 0 unspecified atom stereocenters. The average Bonchev–Trinajstić information content (AvgIpc) is 3.11. The van der Waals surface area contributed by atoms with Gasteiger partial charge >= 0.3 is 6.03 Å². The summed E-state index contributed by atoms with van der Waals surface area (Å²) < 4.78 is 5.63. The number of urea groups is 1. The van der Waals surface area contributed by atoms with E-state index in [0.29, 0.717) is 11.1 Å². The minimum Gasteiger partial charge on any atom is -0.411 e. The number of aryl methyl sites for hydroxylation is 1. The molecule has 8 heteroatoms. The predicted octanol–water partition coefficient (Wildman–Crippen LogP) is 3.68. The SMILES string of the molecule is Cc1cccc(-c2nnc(S[C@H](C)C(=O)NC(=O)NC3CCCCC3)o2)c1. The van der Waals surface area contributed by atoms with Crippen LogP contribution in [0, 0.1) is 6.92 Å². The number of amides is 3. The van der Waals surface area contributed by atoms with Crippen molar-refractivity contribution in [2.45, 2.75) is 62.5 Å². The van der Waals surface area contributed by atoms with E-state index in [2.05, 4.69) is 20.8 Å². The van der Waals surface area contributed by atoms with E-state index in [9.17, 15) is 9.59 Å². The van der Waals surface area contributed by atoms with Crippen molar-refractivity contribution in [3.63, 3.8) is 0 Å². The van der Waals surface area contributed by atoms with Gasteiger partial charge in [-0.2, -0.15) is 0 Å². The molecule has 1 aromatic heterocycles. The number of hydrogen-bond donors (Lipinski definition) is 2. The van der Waals surface area contributed by atoms with Gasteiger partial charge in [-0.15, -0.1) is 10.2 Å². The van der Waals surface area contributed by atoms with Crippen LogP contribution in [0.1, 0.15) is 44.6 Å². The maximum atomic E-state index is 12.2. The summed E-state index contributed by atoms with van der Waals surface area (Å²) in [4.78, 5) is 24.2. The second-order valence-electron chi connectivity index (χ2n) is 6.80. The molecule has 1 atom stereocenters. The highest BCUT2D eigenvalue weighted by Gasteiger charge is 2.22. The summed E-state index contributed by atoms with van der Waals surface area (Å²) in [5.74, 6) is 0.0208. The van der Waals surface area contributed by atoms with Gasteiger partial charge in [-0.05, 0) is 38.8 Å². The molecule has 7 nitrogen and oxygen atoms in total. The fourth-order valence-corrected chi connectivity index (χ4v) is 3.72. The number of thioether (sulfide) groups is 1. The third-order valence-electron chi connectivity index (χ3n) is 4.50. The van der Waals surface area contributed by atoms with Gasteiger partial charge < -0.3 is 9.73 Å². The van der Waals surface area contributed by atoms with Crippen molar-refractivity contribution < 1.29 is 14.0 Å². The van der Waals surface area contributed by atoms with Gasteiger partial charge in [0, 0.05) is 11.6 Å². The Labute approximate surface area is 162 Å². The Bertz CT molecular complexity index is 802. The number of nitrogens with zero attached hydrogens (tertiary/aromatic N) is 2. The molecule has 0 aliphatic heterocycles. The van der Waals surface area contributed by atoms with E-state index in [1.165, 1.54) is 6.42 Å². The smallest absolute Gasteiger partial charge is 0.321 e. The van der Waals surface area contributed by atoms with E-state index in [1.54, 1.807) is 6.92 Å². The highest BCUT2D eigenvalue weighted by molar-refractivity contribution is 8.00. The van der Waals surface area contributed by atoms with Crippen LogP contribution in [0.3, 0.4) is 0 Å². The van der Waals surface area contributed by atoms with E-state index in [4.69, 9.17) is 4.42 Å². The van der Waals surface area contributed by atoms with Crippen LogP contribution in [0.2, 0.25) is 0 Å². The molecule has 1 aliphatic carbocycles. The summed E-state index contributed by atoms with van der Waals surface area (Å²) in [6.07, 6.45) is 5.38. The van der Waals surface area contributed by atoms with Crippen LogP contribution in [0.5, 0.6) is 0 Å². The summed E-state index contributed by atoms with van der Waals surface area (Å²) in [7, 11) is 0. The van der Waals surface area contributed by atoms with Gasteiger partial charge in [0.25, 0.3) is 5.22 Å². The first-order chi connectivity index (χ1) is 13.0. The molecular weight excluding hydrogens is 364 g/mol. The second-order valence-corrected chi connectivity index (χ2v) is 8.09. The summed E-state index contributed by atoms with van der Waals surface area (Å²) in [5, 5.41) is 13.0. The lowest BCUT2D eigenvalue weighted by Gasteiger charge is -2.22. The fraction of sp³-hybridized carbons (Fsp3) is 0.474. The Balaban J connectivity index is 1.51. The molecule has 144 valence electrons. The van der Waals surface area contributed by atoms with Gasteiger partial charge in [0.1, 0.15) is 0 Å². The first kappa shape index (κ1) is 19.4. The van der Waals surface area contributed by atoms with Crippen molar-refractivity contribution in [2.24, 2.45) is 0 Å². The first-order valence-corrected chi connectivity index (χ1v) is 10.1. The van der Waals surface area contributed by atoms with Gasteiger partial charge in [0.2, 0.25) is 11.8 Å². The fourth-order valence-electron chi connectivity index (χ4n) is 3.04. The molecule has 1 fully saturated rings. The summed E-state index contributed by atoms with van der Waals surface area (Å²) >= 11 is 1.13. The highest BCUT2D eigenvalue weighted by atomic mass is 32.2. The van der Waals surface area contributed by atoms with Crippen LogP contribution in [0.25, 0.3) is 11.5 Å². The van der Waals surface area contributed by atoms with Gasteiger partial charge in [-0.1, -0.05) is 48.7 Å². The number of nitrogens with one attached hydrogen (secondary N) is 2. The van der Waals surface area contributed by atoms with Crippen LogP contribution >= 0.6 is 11.8 Å². The zero-order chi connectivity index (χ0) is 19.2. The number of rotatable bonds is 5. The topological polar surface area (TPSA) is 97.1 Å². The predicted molar refractivity (Wildman–Crippen MR) is 103 cm³/mol. The summed E-state index contributed by atoms with van der Waals surface area (Å²) in [5.41, 5.74) is 1.93. The number of imide groups is 1. The lowest BCUT2D eigenvalue weighted by molar-refractivity contribution is -0.119. The van der Waals surface area contributed by atoms with Crippen molar-refractivity contribution in [2.75, 3.05) is 0 Å². The Morgan fingerprint density at radius 3 is 2.74 bits per heavy atom. The summed E-state index contributed by atoms with van der Waals surface area (Å²) in [6.45, 7) is 3.69. The Hall–Kier alpha value is -2.35. The zero-order valence-corrected chi connectivity index (χ0v) is 16.3. The quantitative estimate of drug-likeness (QED) is 0.758. The molecule has 0 spiro atoms. The number of carbonyl (C=O) groups excluding carboxylic acids is 2. The van der Waals surface area contributed by atoms with E-state index in [1.807, 2.05) is 31.2 Å². The molecule has 1 aromatic carbocycles. The number of hydrogen-bond acceptors (Lipinski definition) is 6. The Morgan fingerprint density at radius 2 is 2.00 bits per heavy atom. The number of benzene rings is 1. The zero-order valence-electron chi connectivity index (χ0n) is 15.5. The van der Waals surface area contributed by atoms with Crippen LogP contribution in [-0.4, -0.2) is 33.4 Å². The monoisotopic (exact) mass is 388 g/mol. The van der Waals surface area contributed by atoms with Crippen LogP contribution in [0.15, 0.2) is 33.9 Å². The van der Waals surface area contributed by atoms with Crippen molar-refractivity contribution in [1.82, 2.24) is 20.8 Å². The van der Waals surface area contributed by atoms with Gasteiger partial charge in [-0.25, -0.2) is 4.79 Å². The molecule has 27 heavy (non-hydrogen) atoms. The largest absolute Gasteiger partial charge is 0.411 e. The molecule has 0 bridgehead atoms. The molecular formula is C19H24N4O3S. The number of carbonyl (C=O) groups is 2. The Kier molecular flexibility index (Phi) is 6.49. The standard InChI is InChI=1S/C19H24N4O3S/c1-12-7-6-8-14(11-12)17-22-23-19(26-17)27-13(2)16(24)21-18(25)20-15-9-4-3-5-10-15/h6-8,11,13,15H,3-5,9-10H2,1-2H3,(H2,20,21,24,25)/t13-/m1/s1. The lowest BCUT2D eigenvalue weighted by Crippen LogP contribution is -2.47. The molecule has 3 rings (SSSR count). The average molecular weight is 388 g/mol. The minimum atomic E-state index is -0.534. The van der Waals surface area contributed by atoms with Crippen molar-refractivity contribution in [1.29, 1.82) is 0 Å². The molecule has 1 aliphatic rings. The molecule has 3 amide bonds. The van der Waals surface area contributed by atoms with Crippen LogP contribution < -0.4 is 10.6 Å². The third-order valence-corrected chi connectivity index (χ3v) is 5.43. The van der Waals surface area contributed by atoms with Crippen LogP contribution in [0.4, 0.5) is 4.79 Å². The molecule has 0 saturated heterocycles. The van der Waals surface area contributed by atoms with E-state index < -0.39 is 11.3 Å².